The Morgan fingerprint density at radius 1 is 1.50 bits per heavy atom. The summed E-state index contributed by atoms with van der Waals surface area (Å²) in [6.45, 7) is 6.33. The lowest BCUT2D eigenvalue weighted by Crippen LogP contribution is -2.28. The van der Waals surface area contributed by atoms with Crippen molar-refractivity contribution in [3.63, 3.8) is 0 Å². The zero-order valence-corrected chi connectivity index (χ0v) is 13.1. The molecule has 1 saturated heterocycles. The lowest BCUT2D eigenvalue weighted by molar-refractivity contribution is 0.0956. The second kappa shape index (κ2) is 6.68. The van der Waals surface area contributed by atoms with Crippen molar-refractivity contribution in [1.82, 2.24) is 10.2 Å². The van der Waals surface area contributed by atoms with E-state index in [-0.39, 0.29) is 5.91 Å². The smallest absolute Gasteiger partial charge is 0.261 e. The largest absolute Gasteiger partial charge is 0.351 e. The van der Waals surface area contributed by atoms with E-state index in [4.69, 9.17) is 0 Å². The van der Waals surface area contributed by atoms with Gasteiger partial charge in [-0.3, -0.25) is 4.79 Å². The topological polar surface area (TPSA) is 32.3 Å². The highest BCUT2D eigenvalue weighted by Crippen LogP contribution is 2.27. The summed E-state index contributed by atoms with van der Waals surface area (Å²) in [5.41, 5.74) is 1.13. The van der Waals surface area contributed by atoms with E-state index in [1.807, 2.05) is 13.0 Å². The zero-order chi connectivity index (χ0) is 13.0. The summed E-state index contributed by atoms with van der Waals surface area (Å²) in [5.74, 6) is 0.0511. The van der Waals surface area contributed by atoms with Crippen LogP contribution >= 0.6 is 27.3 Å². The Morgan fingerprint density at radius 3 is 2.83 bits per heavy atom. The monoisotopic (exact) mass is 330 g/mol. The number of likely N-dealkylation sites (tertiary alicyclic amines) is 1. The molecule has 0 bridgehead atoms. The second-order valence-corrected chi connectivity index (χ2v) is 7.10. The summed E-state index contributed by atoms with van der Waals surface area (Å²) in [5, 5.41) is 2.99. The average Bonchev–Trinajstić information content (AvgIpc) is 2.96. The molecule has 1 N–H and O–H groups in total. The number of amides is 1. The van der Waals surface area contributed by atoms with E-state index in [1.54, 1.807) is 0 Å². The number of rotatable bonds is 5. The molecule has 0 spiro atoms. The van der Waals surface area contributed by atoms with Crippen molar-refractivity contribution in [2.24, 2.45) is 0 Å². The molecule has 1 aromatic heterocycles. The fraction of sp³-hybridized carbons (Fsp3) is 0.615. The fourth-order valence-electron chi connectivity index (χ4n) is 2.17. The van der Waals surface area contributed by atoms with Crippen LogP contribution in [0.5, 0.6) is 0 Å². The minimum absolute atomic E-state index is 0.0511. The minimum Gasteiger partial charge on any atom is -0.351 e. The molecule has 3 nitrogen and oxygen atoms in total. The number of halogens is 1. The third kappa shape index (κ3) is 3.80. The van der Waals surface area contributed by atoms with Crippen LogP contribution in [0.4, 0.5) is 0 Å². The van der Waals surface area contributed by atoms with Gasteiger partial charge >= 0.3 is 0 Å². The number of thiophene rings is 1. The maximum atomic E-state index is 11.9. The summed E-state index contributed by atoms with van der Waals surface area (Å²) < 4.78 is 1.05. The highest BCUT2D eigenvalue weighted by Gasteiger charge is 2.12. The summed E-state index contributed by atoms with van der Waals surface area (Å²) in [4.78, 5) is 15.1. The zero-order valence-electron chi connectivity index (χ0n) is 10.7. The molecule has 1 aliphatic rings. The standard InChI is InChI=1S/C13H19BrN2OS/c1-10-9-11(18-12(10)14)13(17)15-5-4-8-16-6-2-3-7-16/h9H,2-8H2,1H3,(H,15,17). The highest BCUT2D eigenvalue weighted by atomic mass is 79.9. The Labute approximate surface area is 121 Å². The lowest BCUT2D eigenvalue weighted by Gasteiger charge is -2.14. The van der Waals surface area contributed by atoms with Gasteiger partial charge in [0.25, 0.3) is 5.91 Å². The summed E-state index contributed by atoms with van der Waals surface area (Å²) >= 11 is 4.94. The van der Waals surface area contributed by atoms with E-state index in [9.17, 15) is 4.79 Å². The van der Waals surface area contributed by atoms with Crippen molar-refractivity contribution >= 4 is 33.2 Å². The molecule has 1 aliphatic heterocycles. The van der Waals surface area contributed by atoms with Gasteiger partial charge in [0.15, 0.2) is 0 Å². The SMILES string of the molecule is Cc1cc(C(=O)NCCCN2CCCC2)sc1Br. The second-order valence-electron chi connectivity index (χ2n) is 4.73. The van der Waals surface area contributed by atoms with Crippen molar-refractivity contribution < 1.29 is 4.79 Å². The van der Waals surface area contributed by atoms with E-state index in [2.05, 4.69) is 26.1 Å². The molecule has 0 aliphatic carbocycles. The van der Waals surface area contributed by atoms with Crippen LogP contribution < -0.4 is 5.32 Å². The summed E-state index contributed by atoms with van der Waals surface area (Å²) in [7, 11) is 0. The first-order valence-electron chi connectivity index (χ1n) is 6.43. The maximum Gasteiger partial charge on any atom is 0.261 e. The van der Waals surface area contributed by atoms with Crippen LogP contribution in [-0.4, -0.2) is 37.0 Å². The Morgan fingerprint density at radius 2 is 2.22 bits per heavy atom. The predicted molar refractivity (Wildman–Crippen MR) is 79.4 cm³/mol. The van der Waals surface area contributed by atoms with Crippen LogP contribution in [0.3, 0.4) is 0 Å². The summed E-state index contributed by atoms with van der Waals surface area (Å²) in [6.07, 6.45) is 3.70. The Balaban J connectivity index is 1.68. The van der Waals surface area contributed by atoms with Crippen LogP contribution in [0.15, 0.2) is 9.85 Å². The van der Waals surface area contributed by atoms with Gasteiger partial charge in [-0.05, 0) is 73.4 Å². The van der Waals surface area contributed by atoms with Gasteiger partial charge in [-0.1, -0.05) is 0 Å². The molecule has 5 heteroatoms. The molecule has 1 aromatic rings. The molecule has 2 rings (SSSR count). The van der Waals surface area contributed by atoms with Gasteiger partial charge in [0.1, 0.15) is 0 Å². The van der Waals surface area contributed by atoms with Gasteiger partial charge in [-0.2, -0.15) is 0 Å². The highest BCUT2D eigenvalue weighted by molar-refractivity contribution is 9.11. The molecule has 18 heavy (non-hydrogen) atoms. The summed E-state index contributed by atoms with van der Waals surface area (Å²) in [6, 6.07) is 1.94. The fourth-order valence-corrected chi connectivity index (χ4v) is 3.62. The van der Waals surface area contributed by atoms with Crippen LogP contribution in [0.1, 0.15) is 34.5 Å². The van der Waals surface area contributed by atoms with Crippen molar-refractivity contribution in [2.45, 2.75) is 26.2 Å². The number of carbonyl (C=O) groups is 1. The quantitative estimate of drug-likeness (QED) is 0.841. The van der Waals surface area contributed by atoms with Crippen molar-refractivity contribution in [2.75, 3.05) is 26.2 Å². The van der Waals surface area contributed by atoms with Gasteiger partial charge in [0.05, 0.1) is 8.66 Å². The first-order valence-corrected chi connectivity index (χ1v) is 8.04. The normalized spacial score (nSPS) is 16.1. The Kier molecular flexibility index (Phi) is 5.21. The van der Waals surface area contributed by atoms with E-state index in [0.29, 0.717) is 0 Å². The molecule has 1 amide bonds. The molecule has 2 heterocycles. The van der Waals surface area contributed by atoms with E-state index in [0.717, 1.165) is 33.7 Å². The first-order chi connectivity index (χ1) is 8.66. The molecule has 100 valence electrons. The molecular formula is C13H19BrN2OS. The Bertz CT molecular complexity index is 394. The number of hydrogen-bond acceptors (Lipinski definition) is 3. The van der Waals surface area contributed by atoms with Crippen LogP contribution in [0.25, 0.3) is 0 Å². The minimum atomic E-state index is 0.0511. The molecular weight excluding hydrogens is 312 g/mol. The van der Waals surface area contributed by atoms with Gasteiger partial charge in [0, 0.05) is 6.54 Å². The van der Waals surface area contributed by atoms with Gasteiger partial charge < -0.3 is 10.2 Å². The van der Waals surface area contributed by atoms with Gasteiger partial charge in [-0.15, -0.1) is 11.3 Å². The molecule has 0 atom stereocenters. The maximum absolute atomic E-state index is 11.9. The van der Waals surface area contributed by atoms with Crippen LogP contribution in [0.2, 0.25) is 0 Å². The van der Waals surface area contributed by atoms with Crippen molar-refractivity contribution in [3.05, 3.63) is 20.3 Å². The van der Waals surface area contributed by atoms with Gasteiger partial charge in [-0.25, -0.2) is 0 Å². The average molecular weight is 331 g/mol. The third-order valence-electron chi connectivity index (χ3n) is 3.22. The van der Waals surface area contributed by atoms with E-state index in [1.165, 1.54) is 37.3 Å². The molecule has 0 saturated carbocycles. The van der Waals surface area contributed by atoms with Gasteiger partial charge in [0.2, 0.25) is 0 Å². The molecule has 1 fully saturated rings. The molecule has 0 unspecified atom stereocenters. The number of nitrogens with zero attached hydrogens (tertiary/aromatic N) is 1. The third-order valence-corrected chi connectivity index (χ3v) is 5.35. The first kappa shape index (κ1) is 14.0. The predicted octanol–water partition coefficient (Wildman–Crippen LogP) is 3.03. The molecule has 0 radical (unpaired) electrons. The van der Waals surface area contributed by atoms with Crippen molar-refractivity contribution in [1.29, 1.82) is 0 Å². The van der Waals surface area contributed by atoms with E-state index < -0.39 is 0 Å². The van der Waals surface area contributed by atoms with Crippen molar-refractivity contribution in [3.8, 4) is 0 Å². The number of carbonyl (C=O) groups excluding carboxylic acids is 1. The molecule has 0 aromatic carbocycles. The van der Waals surface area contributed by atoms with E-state index >= 15 is 0 Å². The number of aryl methyl sites for hydroxylation is 1. The lowest BCUT2D eigenvalue weighted by atomic mass is 10.3. The van der Waals surface area contributed by atoms with Crippen LogP contribution in [-0.2, 0) is 0 Å². The number of hydrogen-bond donors (Lipinski definition) is 1. The Hall–Kier alpha value is -0.390. The van der Waals surface area contributed by atoms with Crippen LogP contribution in [0, 0.1) is 6.92 Å². The number of nitrogens with one attached hydrogen (secondary N) is 1.